The van der Waals surface area contributed by atoms with E-state index >= 15 is 0 Å². The van der Waals surface area contributed by atoms with E-state index in [2.05, 4.69) is 15.3 Å². The zero-order valence-corrected chi connectivity index (χ0v) is 17.3. The first-order valence-corrected chi connectivity index (χ1v) is 10.4. The third-order valence-corrected chi connectivity index (χ3v) is 6.02. The molecule has 0 amide bonds. The Kier molecular flexibility index (Phi) is 5.51. The van der Waals surface area contributed by atoms with Crippen LogP contribution in [0.25, 0.3) is 21.3 Å². The SMILES string of the molecule is C[C@@H](NCc1nc2scc(-c3ccccc3Cl)c2c(=O)[nH]1)c1cccc(Cl)c1. The first kappa shape index (κ1) is 19.2. The van der Waals surface area contributed by atoms with Gasteiger partial charge >= 0.3 is 0 Å². The molecule has 0 aliphatic rings. The Bertz CT molecular complexity index is 1200. The fourth-order valence-electron chi connectivity index (χ4n) is 3.10. The van der Waals surface area contributed by atoms with Crippen LogP contribution < -0.4 is 10.9 Å². The molecule has 1 atom stereocenters. The van der Waals surface area contributed by atoms with Crippen LogP contribution in [0.3, 0.4) is 0 Å². The van der Waals surface area contributed by atoms with Crippen molar-refractivity contribution < 1.29 is 0 Å². The van der Waals surface area contributed by atoms with Gasteiger partial charge in [-0.15, -0.1) is 11.3 Å². The maximum absolute atomic E-state index is 12.7. The van der Waals surface area contributed by atoms with Crippen LogP contribution in [0.5, 0.6) is 0 Å². The van der Waals surface area contributed by atoms with Gasteiger partial charge in [-0.05, 0) is 30.7 Å². The van der Waals surface area contributed by atoms with Gasteiger partial charge in [-0.25, -0.2) is 4.98 Å². The Morgan fingerprint density at radius 2 is 1.96 bits per heavy atom. The number of halogens is 2. The quantitative estimate of drug-likeness (QED) is 0.420. The first-order chi connectivity index (χ1) is 13.5. The van der Waals surface area contributed by atoms with E-state index in [0.717, 1.165) is 16.7 Å². The molecule has 7 heteroatoms. The highest BCUT2D eigenvalue weighted by Gasteiger charge is 2.15. The van der Waals surface area contributed by atoms with Crippen LogP contribution in [-0.2, 0) is 6.54 Å². The summed E-state index contributed by atoms with van der Waals surface area (Å²) in [7, 11) is 0. The van der Waals surface area contributed by atoms with Gasteiger partial charge in [0, 0.05) is 32.6 Å². The summed E-state index contributed by atoms with van der Waals surface area (Å²) in [5.74, 6) is 0.596. The van der Waals surface area contributed by atoms with Gasteiger partial charge in [0.2, 0.25) is 0 Å². The molecule has 2 aromatic heterocycles. The standard InChI is InChI=1S/C21H17Cl2N3OS/c1-12(13-5-4-6-14(22)9-13)24-10-18-25-20(27)19-16(11-28-21(19)26-18)15-7-2-3-8-17(15)23/h2-9,11-12,24H,10H2,1H3,(H,25,26,27)/t12-/m1/s1. The topological polar surface area (TPSA) is 57.8 Å². The number of hydrogen-bond acceptors (Lipinski definition) is 4. The highest BCUT2D eigenvalue weighted by atomic mass is 35.5. The molecular weight excluding hydrogens is 413 g/mol. The molecule has 2 aromatic carbocycles. The van der Waals surface area contributed by atoms with Crippen LogP contribution in [0, 0.1) is 0 Å². The van der Waals surface area contributed by atoms with Crippen molar-refractivity contribution in [1.82, 2.24) is 15.3 Å². The van der Waals surface area contributed by atoms with Crippen molar-refractivity contribution in [2.24, 2.45) is 0 Å². The molecule has 0 aliphatic heterocycles. The molecular formula is C21H17Cl2N3OS. The molecule has 0 bridgehead atoms. The smallest absolute Gasteiger partial charge is 0.260 e. The van der Waals surface area contributed by atoms with Gasteiger partial charge in [0.25, 0.3) is 5.56 Å². The number of hydrogen-bond donors (Lipinski definition) is 2. The Hall–Kier alpha value is -2.18. The van der Waals surface area contributed by atoms with E-state index in [4.69, 9.17) is 23.2 Å². The van der Waals surface area contributed by atoms with Crippen LogP contribution in [0.2, 0.25) is 10.0 Å². The molecule has 4 rings (SSSR count). The van der Waals surface area contributed by atoms with Crippen molar-refractivity contribution in [3.8, 4) is 11.1 Å². The summed E-state index contributed by atoms with van der Waals surface area (Å²) in [4.78, 5) is 21.0. The van der Waals surface area contributed by atoms with Crippen LogP contribution in [0.1, 0.15) is 24.4 Å². The molecule has 142 valence electrons. The van der Waals surface area contributed by atoms with Crippen molar-refractivity contribution in [3.05, 3.63) is 85.7 Å². The predicted octanol–water partition coefficient (Wildman–Crippen LogP) is 5.81. The highest BCUT2D eigenvalue weighted by Crippen LogP contribution is 2.34. The number of fused-ring (bicyclic) bond motifs is 1. The zero-order chi connectivity index (χ0) is 19.7. The number of thiophene rings is 1. The summed E-state index contributed by atoms with van der Waals surface area (Å²) >= 11 is 13.8. The molecule has 0 aliphatic carbocycles. The zero-order valence-electron chi connectivity index (χ0n) is 15.0. The molecule has 4 aromatic rings. The fourth-order valence-corrected chi connectivity index (χ4v) is 4.49. The highest BCUT2D eigenvalue weighted by molar-refractivity contribution is 7.17. The third-order valence-electron chi connectivity index (χ3n) is 4.58. The lowest BCUT2D eigenvalue weighted by atomic mass is 10.1. The second-order valence-electron chi connectivity index (χ2n) is 6.48. The molecule has 4 nitrogen and oxygen atoms in total. The van der Waals surface area contributed by atoms with Gasteiger partial charge in [0.15, 0.2) is 0 Å². The lowest BCUT2D eigenvalue weighted by molar-refractivity contribution is 0.560. The lowest BCUT2D eigenvalue weighted by Gasteiger charge is -2.14. The van der Waals surface area contributed by atoms with Gasteiger partial charge < -0.3 is 10.3 Å². The van der Waals surface area contributed by atoms with Gasteiger partial charge in [0.1, 0.15) is 10.7 Å². The van der Waals surface area contributed by atoms with Gasteiger partial charge in [-0.1, -0.05) is 53.5 Å². The third kappa shape index (κ3) is 3.84. The van der Waals surface area contributed by atoms with E-state index in [1.807, 2.05) is 60.8 Å². The molecule has 0 spiro atoms. The van der Waals surface area contributed by atoms with Crippen LogP contribution in [0.15, 0.2) is 58.7 Å². The molecule has 2 heterocycles. The summed E-state index contributed by atoms with van der Waals surface area (Å²) in [6.45, 7) is 2.49. The van der Waals surface area contributed by atoms with E-state index in [0.29, 0.717) is 32.6 Å². The van der Waals surface area contributed by atoms with Crippen LogP contribution in [0.4, 0.5) is 0 Å². The predicted molar refractivity (Wildman–Crippen MR) is 117 cm³/mol. The van der Waals surface area contributed by atoms with E-state index in [1.165, 1.54) is 11.3 Å². The molecule has 0 radical (unpaired) electrons. The number of rotatable bonds is 5. The first-order valence-electron chi connectivity index (χ1n) is 8.77. The average Bonchev–Trinajstić information content (AvgIpc) is 3.11. The fraction of sp³-hybridized carbons (Fsp3) is 0.143. The Labute approximate surface area is 176 Å². The van der Waals surface area contributed by atoms with Crippen molar-refractivity contribution >= 4 is 44.8 Å². The number of H-pyrrole nitrogens is 1. The van der Waals surface area contributed by atoms with Gasteiger partial charge in [0.05, 0.1) is 11.9 Å². The molecule has 0 fully saturated rings. The minimum Gasteiger partial charge on any atom is -0.309 e. The second-order valence-corrected chi connectivity index (χ2v) is 8.18. The number of aromatic nitrogens is 2. The van der Waals surface area contributed by atoms with E-state index in [9.17, 15) is 4.79 Å². The summed E-state index contributed by atoms with van der Waals surface area (Å²) in [6.07, 6.45) is 0. The molecule has 0 saturated carbocycles. The van der Waals surface area contributed by atoms with Crippen LogP contribution in [-0.4, -0.2) is 9.97 Å². The number of nitrogens with one attached hydrogen (secondary N) is 2. The van der Waals surface area contributed by atoms with E-state index < -0.39 is 0 Å². The van der Waals surface area contributed by atoms with Crippen molar-refractivity contribution in [2.45, 2.75) is 19.5 Å². The number of nitrogens with zero attached hydrogens (tertiary/aromatic N) is 1. The van der Waals surface area contributed by atoms with E-state index in [1.54, 1.807) is 0 Å². The average molecular weight is 430 g/mol. The number of benzene rings is 2. The van der Waals surface area contributed by atoms with E-state index in [-0.39, 0.29) is 11.6 Å². The van der Waals surface area contributed by atoms with Crippen molar-refractivity contribution in [2.75, 3.05) is 0 Å². The molecule has 28 heavy (non-hydrogen) atoms. The maximum Gasteiger partial charge on any atom is 0.260 e. The van der Waals surface area contributed by atoms with Crippen molar-refractivity contribution in [1.29, 1.82) is 0 Å². The molecule has 2 N–H and O–H groups in total. The summed E-state index contributed by atoms with van der Waals surface area (Å²) in [5, 5.41) is 7.19. The summed E-state index contributed by atoms with van der Waals surface area (Å²) in [5.41, 5.74) is 2.57. The largest absolute Gasteiger partial charge is 0.309 e. The van der Waals surface area contributed by atoms with Gasteiger partial charge in [-0.2, -0.15) is 0 Å². The lowest BCUT2D eigenvalue weighted by Crippen LogP contribution is -2.22. The number of aromatic amines is 1. The maximum atomic E-state index is 12.7. The molecule has 0 unspecified atom stereocenters. The minimum absolute atomic E-state index is 0.0710. The van der Waals surface area contributed by atoms with Crippen LogP contribution >= 0.6 is 34.5 Å². The summed E-state index contributed by atoms with van der Waals surface area (Å²) in [6, 6.07) is 15.3. The Morgan fingerprint density at radius 1 is 1.14 bits per heavy atom. The minimum atomic E-state index is -0.159. The Balaban J connectivity index is 1.60. The summed E-state index contributed by atoms with van der Waals surface area (Å²) < 4.78 is 0. The normalized spacial score (nSPS) is 12.4. The molecule has 0 saturated heterocycles. The van der Waals surface area contributed by atoms with Crippen molar-refractivity contribution in [3.63, 3.8) is 0 Å². The monoisotopic (exact) mass is 429 g/mol. The Morgan fingerprint density at radius 3 is 2.75 bits per heavy atom. The second kappa shape index (κ2) is 8.05. The van der Waals surface area contributed by atoms with Gasteiger partial charge in [-0.3, -0.25) is 4.79 Å².